The monoisotopic (exact) mass is 385 g/mol. The quantitative estimate of drug-likeness (QED) is 0.554. The van der Waals surface area contributed by atoms with Crippen molar-refractivity contribution in [1.82, 2.24) is 19.7 Å². The van der Waals surface area contributed by atoms with Crippen LogP contribution in [-0.2, 0) is 13.2 Å². The fraction of sp³-hybridized carbons (Fsp3) is 0.105. The minimum absolute atomic E-state index is 0.0656. The summed E-state index contributed by atoms with van der Waals surface area (Å²) in [6.45, 7) is 0. The summed E-state index contributed by atoms with van der Waals surface area (Å²) in [6, 6.07) is 12.1. The number of fused-ring (bicyclic) bond motifs is 1. The van der Waals surface area contributed by atoms with Crippen LogP contribution in [0.5, 0.6) is 0 Å². The fourth-order valence-electron chi connectivity index (χ4n) is 3.00. The number of hydrogen-bond acceptors (Lipinski definition) is 3. The molecule has 0 bridgehead atoms. The molecule has 9 heteroatoms. The van der Waals surface area contributed by atoms with Crippen LogP contribution in [0, 0.1) is 0 Å². The smallest absolute Gasteiger partial charge is 0.354 e. The van der Waals surface area contributed by atoms with Crippen molar-refractivity contribution in [2.75, 3.05) is 5.32 Å². The summed E-state index contributed by atoms with van der Waals surface area (Å²) in [4.78, 5) is 19.1. The Morgan fingerprint density at radius 3 is 2.64 bits per heavy atom. The van der Waals surface area contributed by atoms with E-state index in [1.807, 2.05) is 0 Å². The first-order chi connectivity index (χ1) is 13.3. The highest BCUT2D eigenvalue weighted by atomic mass is 19.4. The molecule has 1 amide bonds. The topological polar surface area (TPSA) is 75.6 Å². The van der Waals surface area contributed by atoms with Gasteiger partial charge in [-0.1, -0.05) is 24.3 Å². The molecule has 0 fully saturated rings. The molecule has 2 aromatic carbocycles. The van der Waals surface area contributed by atoms with Gasteiger partial charge >= 0.3 is 6.18 Å². The Balaban J connectivity index is 1.68. The van der Waals surface area contributed by atoms with E-state index < -0.39 is 17.6 Å². The first-order valence-corrected chi connectivity index (χ1v) is 8.27. The number of H-pyrrole nitrogens is 1. The number of benzene rings is 2. The number of aromatic amines is 1. The number of nitrogens with zero attached hydrogens (tertiary/aromatic N) is 3. The first-order valence-electron chi connectivity index (χ1n) is 8.27. The lowest BCUT2D eigenvalue weighted by Gasteiger charge is -2.11. The zero-order chi connectivity index (χ0) is 19.9. The molecular formula is C19H14F3N5O. The van der Waals surface area contributed by atoms with Gasteiger partial charge in [0.15, 0.2) is 0 Å². The van der Waals surface area contributed by atoms with Crippen molar-refractivity contribution in [3.63, 3.8) is 0 Å². The molecule has 2 N–H and O–H groups in total. The van der Waals surface area contributed by atoms with Gasteiger partial charge in [-0.05, 0) is 24.3 Å². The van der Waals surface area contributed by atoms with Gasteiger partial charge in [0.25, 0.3) is 5.91 Å². The number of nitrogens with one attached hydrogen (secondary N) is 2. The molecule has 0 aliphatic heterocycles. The molecule has 4 rings (SSSR count). The summed E-state index contributed by atoms with van der Waals surface area (Å²) in [5, 5.41) is 7.27. The second kappa shape index (κ2) is 6.52. The second-order valence-corrected chi connectivity index (χ2v) is 6.19. The number of aromatic nitrogens is 4. The number of alkyl halides is 3. The van der Waals surface area contributed by atoms with Crippen LogP contribution in [0.1, 0.15) is 16.2 Å². The lowest BCUT2D eigenvalue weighted by atomic mass is 10.0. The SMILES string of the molecule is Cn1ncnc1C(=O)Nc1ccc2cc(-c3ccccc3C(F)(F)F)[nH]c2c1. The van der Waals surface area contributed by atoms with Crippen LogP contribution >= 0.6 is 0 Å². The minimum atomic E-state index is -4.46. The summed E-state index contributed by atoms with van der Waals surface area (Å²) in [7, 11) is 1.60. The van der Waals surface area contributed by atoms with Crippen LogP contribution in [-0.4, -0.2) is 25.7 Å². The molecule has 0 spiro atoms. The Labute approximate surface area is 157 Å². The van der Waals surface area contributed by atoms with Crippen molar-refractivity contribution in [2.24, 2.45) is 7.05 Å². The maximum Gasteiger partial charge on any atom is 0.417 e. The lowest BCUT2D eigenvalue weighted by Crippen LogP contribution is -2.17. The maximum atomic E-state index is 13.3. The normalized spacial score (nSPS) is 11.7. The Kier molecular flexibility index (Phi) is 4.14. The third-order valence-electron chi connectivity index (χ3n) is 4.32. The summed E-state index contributed by atoms with van der Waals surface area (Å²) in [6.07, 6.45) is -3.18. The number of rotatable bonds is 3. The molecule has 0 aliphatic carbocycles. The molecule has 0 aliphatic rings. The summed E-state index contributed by atoms with van der Waals surface area (Å²) in [5.74, 6) is -0.292. The summed E-state index contributed by atoms with van der Waals surface area (Å²) < 4.78 is 41.2. The van der Waals surface area contributed by atoms with E-state index in [0.29, 0.717) is 16.9 Å². The minimum Gasteiger partial charge on any atom is -0.354 e. The highest BCUT2D eigenvalue weighted by molar-refractivity contribution is 6.03. The molecule has 6 nitrogen and oxygen atoms in total. The van der Waals surface area contributed by atoms with E-state index in [-0.39, 0.29) is 11.4 Å². The van der Waals surface area contributed by atoms with E-state index in [1.54, 1.807) is 37.4 Å². The van der Waals surface area contributed by atoms with Gasteiger partial charge in [0.05, 0.1) is 5.56 Å². The molecule has 0 atom stereocenters. The van der Waals surface area contributed by atoms with Gasteiger partial charge in [-0.15, -0.1) is 0 Å². The molecule has 142 valence electrons. The van der Waals surface area contributed by atoms with Crippen molar-refractivity contribution >= 4 is 22.5 Å². The Hall–Kier alpha value is -3.62. The highest BCUT2D eigenvalue weighted by Gasteiger charge is 2.33. The van der Waals surface area contributed by atoms with E-state index in [9.17, 15) is 18.0 Å². The van der Waals surface area contributed by atoms with Crippen LogP contribution < -0.4 is 5.32 Å². The lowest BCUT2D eigenvalue weighted by molar-refractivity contribution is -0.137. The molecular weight excluding hydrogens is 371 g/mol. The van der Waals surface area contributed by atoms with Gasteiger partial charge in [-0.2, -0.15) is 18.3 Å². The van der Waals surface area contributed by atoms with Crippen LogP contribution in [0.3, 0.4) is 0 Å². The second-order valence-electron chi connectivity index (χ2n) is 6.19. The van der Waals surface area contributed by atoms with Gasteiger partial charge in [-0.3, -0.25) is 4.79 Å². The number of amides is 1. The molecule has 0 saturated carbocycles. The molecule has 2 heterocycles. The molecule has 2 aromatic heterocycles. The van der Waals surface area contributed by atoms with Crippen molar-refractivity contribution in [3.8, 4) is 11.3 Å². The maximum absolute atomic E-state index is 13.3. The zero-order valence-electron chi connectivity index (χ0n) is 14.6. The van der Waals surface area contributed by atoms with E-state index in [1.165, 1.54) is 23.1 Å². The third kappa shape index (κ3) is 3.22. The number of carbonyl (C=O) groups excluding carboxylic acids is 1. The van der Waals surface area contributed by atoms with Gasteiger partial charge in [0.2, 0.25) is 5.82 Å². The average molecular weight is 385 g/mol. The molecule has 0 saturated heterocycles. The number of hydrogen-bond donors (Lipinski definition) is 2. The Bertz CT molecular complexity index is 1180. The van der Waals surface area contributed by atoms with Gasteiger partial charge < -0.3 is 10.3 Å². The van der Waals surface area contributed by atoms with E-state index in [0.717, 1.165) is 11.5 Å². The molecule has 0 unspecified atom stereocenters. The Morgan fingerprint density at radius 1 is 1.14 bits per heavy atom. The molecule has 4 aromatic rings. The summed E-state index contributed by atoms with van der Waals surface area (Å²) in [5.41, 5.74) is 0.786. The molecule has 28 heavy (non-hydrogen) atoms. The number of anilines is 1. The first kappa shape index (κ1) is 17.8. The van der Waals surface area contributed by atoms with Crippen LogP contribution in [0.25, 0.3) is 22.2 Å². The predicted molar refractivity (Wildman–Crippen MR) is 97.7 cm³/mol. The van der Waals surface area contributed by atoms with Crippen LogP contribution in [0.15, 0.2) is 54.9 Å². The largest absolute Gasteiger partial charge is 0.417 e. The number of carbonyl (C=O) groups is 1. The van der Waals surface area contributed by atoms with Crippen LogP contribution in [0.2, 0.25) is 0 Å². The fourth-order valence-corrected chi connectivity index (χ4v) is 3.00. The van der Waals surface area contributed by atoms with Crippen molar-refractivity contribution in [3.05, 3.63) is 66.2 Å². The highest BCUT2D eigenvalue weighted by Crippen LogP contribution is 2.37. The van der Waals surface area contributed by atoms with Crippen molar-refractivity contribution < 1.29 is 18.0 Å². The van der Waals surface area contributed by atoms with E-state index in [4.69, 9.17) is 0 Å². The Morgan fingerprint density at radius 2 is 1.93 bits per heavy atom. The molecule has 0 radical (unpaired) electrons. The van der Waals surface area contributed by atoms with E-state index in [2.05, 4.69) is 20.4 Å². The number of halogens is 3. The third-order valence-corrected chi connectivity index (χ3v) is 4.32. The number of aryl methyl sites for hydroxylation is 1. The van der Waals surface area contributed by atoms with Gasteiger partial charge in [0, 0.05) is 34.9 Å². The predicted octanol–water partition coefficient (Wildman–Crippen LogP) is 4.23. The van der Waals surface area contributed by atoms with Crippen molar-refractivity contribution in [2.45, 2.75) is 6.18 Å². The van der Waals surface area contributed by atoms with E-state index >= 15 is 0 Å². The average Bonchev–Trinajstić information content (AvgIpc) is 3.26. The van der Waals surface area contributed by atoms with Gasteiger partial charge in [-0.25, -0.2) is 9.67 Å². The van der Waals surface area contributed by atoms with Crippen molar-refractivity contribution in [1.29, 1.82) is 0 Å². The standard InChI is InChI=1S/C19H14F3N5O/c1-27-17(23-10-24-27)18(28)25-12-7-6-11-8-16(26-15(11)9-12)13-4-2-3-5-14(13)19(20,21)22/h2-10,26H,1H3,(H,25,28). The summed E-state index contributed by atoms with van der Waals surface area (Å²) >= 11 is 0. The van der Waals surface area contributed by atoms with Crippen LogP contribution in [0.4, 0.5) is 18.9 Å². The zero-order valence-corrected chi connectivity index (χ0v) is 14.6. The van der Waals surface area contributed by atoms with Gasteiger partial charge in [0.1, 0.15) is 6.33 Å².